The van der Waals surface area contributed by atoms with Gasteiger partial charge in [-0.05, 0) is 6.42 Å². The van der Waals surface area contributed by atoms with Gasteiger partial charge in [0.1, 0.15) is 0 Å². The highest BCUT2D eigenvalue weighted by Crippen LogP contribution is 2.17. The van der Waals surface area contributed by atoms with Crippen molar-refractivity contribution in [3.05, 3.63) is 35.9 Å². The lowest BCUT2D eigenvalue weighted by molar-refractivity contribution is 0.0922. The minimum Gasteiger partial charge on any atom is -0.294 e. The summed E-state index contributed by atoms with van der Waals surface area (Å²) in [6.45, 7) is 4.32. The predicted octanol–water partition coefficient (Wildman–Crippen LogP) is 6.04. The Bertz CT molecular complexity index is 355. The lowest BCUT2D eigenvalue weighted by Gasteiger charge is -2.10. The van der Waals surface area contributed by atoms with Gasteiger partial charge in [0.15, 0.2) is 5.78 Å². The van der Waals surface area contributed by atoms with Gasteiger partial charge in [0.25, 0.3) is 0 Å². The monoisotopic (exact) mass is 274 g/mol. The molecule has 0 saturated carbocycles. The summed E-state index contributed by atoms with van der Waals surface area (Å²) >= 11 is 0. The van der Waals surface area contributed by atoms with E-state index >= 15 is 0 Å². The molecule has 0 saturated heterocycles. The van der Waals surface area contributed by atoms with Gasteiger partial charge in [-0.25, -0.2) is 0 Å². The Labute approximate surface area is 124 Å². The topological polar surface area (TPSA) is 17.1 Å². The average molecular weight is 274 g/mol. The second kappa shape index (κ2) is 10.7. The number of benzene rings is 1. The minimum absolute atomic E-state index is 0.164. The zero-order chi connectivity index (χ0) is 14.6. The molecule has 0 spiro atoms. The highest BCUT2D eigenvalue weighted by molar-refractivity contribution is 5.97. The van der Waals surface area contributed by atoms with Crippen LogP contribution in [0, 0.1) is 5.92 Å². The van der Waals surface area contributed by atoms with E-state index in [4.69, 9.17) is 0 Å². The van der Waals surface area contributed by atoms with E-state index in [1.807, 2.05) is 30.3 Å². The van der Waals surface area contributed by atoms with Gasteiger partial charge in [-0.1, -0.05) is 95.5 Å². The van der Waals surface area contributed by atoms with Crippen molar-refractivity contribution in [2.45, 2.75) is 71.6 Å². The summed E-state index contributed by atoms with van der Waals surface area (Å²) in [5, 5.41) is 0. The van der Waals surface area contributed by atoms with E-state index < -0.39 is 0 Å². The number of hydrogen-bond donors (Lipinski definition) is 0. The number of ketones is 1. The highest BCUT2D eigenvalue weighted by atomic mass is 16.1. The molecule has 0 radical (unpaired) electrons. The molecular formula is C19H30O. The summed E-state index contributed by atoms with van der Waals surface area (Å²) in [5.41, 5.74) is 0.861. The SMILES string of the molecule is CCCCCCCCCCC(C)C(=O)c1ccccc1. The number of rotatable bonds is 11. The molecule has 0 N–H and O–H groups in total. The molecule has 0 aliphatic rings. The Morgan fingerprint density at radius 1 is 0.900 bits per heavy atom. The summed E-state index contributed by atoms with van der Waals surface area (Å²) in [7, 11) is 0. The van der Waals surface area contributed by atoms with Gasteiger partial charge < -0.3 is 0 Å². The van der Waals surface area contributed by atoms with Crippen LogP contribution in [0.3, 0.4) is 0 Å². The van der Waals surface area contributed by atoms with Gasteiger partial charge in [-0.2, -0.15) is 0 Å². The normalized spacial score (nSPS) is 12.3. The molecule has 1 unspecified atom stereocenters. The second-order valence-corrected chi connectivity index (χ2v) is 5.89. The fraction of sp³-hybridized carbons (Fsp3) is 0.632. The van der Waals surface area contributed by atoms with Crippen molar-refractivity contribution in [3.63, 3.8) is 0 Å². The highest BCUT2D eigenvalue weighted by Gasteiger charge is 2.13. The number of Topliss-reactive ketones (excluding diaryl/α,β-unsaturated/α-hetero) is 1. The maximum atomic E-state index is 12.2. The minimum atomic E-state index is 0.164. The van der Waals surface area contributed by atoms with Crippen molar-refractivity contribution in [2.75, 3.05) is 0 Å². The smallest absolute Gasteiger partial charge is 0.165 e. The van der Waals surface area contributed by atoms with E-state index in [0.29, 0.717) is 5.78 Å². The predicted molar refractivity (Wildman–Crippen MR) is 87.2 cm³/mol. The molecular weight excluding hydrogens is 244 g/mol. The van der Waals surface area contributed by atoms with Crippen molar-refractivity contribution in [1.82, 2.24) is 0 Å². The van der Waals surface area contributed by atoms with Crippen molar-refractivity contribution in [3.8, 4) is 0 Å². The molecule has 0 heterocycles. The van der Waals surface area contributed by atoms with E-state index in [-0.39, 0.29) is 5.92 Å². The molecule has 0 fully saturated rings. The number of unbranched alkanes of at least 4 members (excludes halogenated alkanes) is 7. The van der Waals surface area contributed by atoms with Crippen LogP contribution in [0.2, 0.25) is 0 Å². The van der Waals surface area contributed by atoms with E-state index in [1.165, 1.54) is 51.4 Å². The molecule has 1 heteroatoms. The van der Waals surface area contributed by atoms with Crippen LogP contribution < -0.4 is 0 Å². The first kappa shape index (κ1) is 16.9. The Hall–Kier alpha value is -1.11. The lowest BCUT2D eigenvalue weighted by Crippen LogP contribution is -2.11. The first-order chi connectivity index (χ1) is 9.75. The van der Waals surface area contributed by atoms with Gasteiger partial charge >= 0.3 is 0 Å². The van der Waals surface area contributed by atoms with Crippen LogP contribution in [0.25, 0.3) is 0 Å². The number of hydrogen-bond acceptors (Lipinski definition) is 1. The lowest BCUT2D eigenvalue weighted by atomic mass is 9.94. The van der Waals surface area contributed by atoms with E-state index in [2.05, 4.69) is 13.8 Å². The molecule has 1 aromatic carbocycles. The zero-order valence-electron chi connectivity index (χ0n) is 13.2. The molecule has 0 aromatic heterocycles. The number of carbonyl (C=O) groups excluding carboxylic acids is 1. The summed E-state index contributed by atoms with van der Waals surface area (Å²) in [5.74, 6) is 0.464. The fourth-order valence-corrected chi connectivity index (χ4v) is 2.60. The fourth-order valence-electron chi connectivity index (χ4n) is 2.60. The maximum absolute atomic E-state index is 12.2. The molecule has 112 valence electrons. The largest absolute Gasteiger partial charge is 0.294 e. The Balaban J connectivity index is 2.08. The molecule has 1 nitrogen and oxygen atoms in total. The molecule has 1 rings (SSSR count). The van der Waals surface area contributed by atoms with Gasteiger partial charge in [-0.3, -0.25) is 4.79 Å². The van der Waals surface area contributed by atoms with E-state index in [9.17, 15) is 4.79 Å². The first-order valence-corrected chi connectivity index (χ1v) is 8.35. The average Bonchev–Trinajstić information content (AvgIpc) is 2.50. The summed E-state index contributed by atoms with van der Waals surface area (Å²) in [4.78, 5) is 12.2. The van der Waals surface area contributed by atoms with Gasteiger partial charge in [0, 0.05) is 11.5 Å². The maximum Gasteiger partial charge on any atom is 0.165 e. The Kier molecular flexibility index (Phi) is 9.02. The van der Waals surface area contributed by atoms with Gasteiger partial charge in [-0.15, -0.1) is 0 Å². The molecule has 0 aliphatic carbocycles. The molecule has 20 heavy (non-hydrogen) atoms. The number of carbonyl (C=O) groups is 1. The Morgan fingerprint density at radius 3 is 2.05 bits per heavy atom. The van der Waals surface area contributed by atoms with E-state index in [0.717, 1.165) is 12.0 Å². The Morgan fingerprint density at radius 2 is 1.45 bits per heavy atom. The zero-order valence-corrected chi connectivity index (χ0v) is 13.2. The quantitative estimate of drug-likeness (QED) is 0.355. The van der Waals surface area contributed by atoms with Crippen molar-refractivity contribution < 1.29 is 4.79 Å². The second-order valence-electron chi connectivity index (χ2n) is 5.89. The van der Waals surface area contributed by atoms with Crippen molar-refractivity contribution >= 4 is 5.78 Å². The third-order valence-electron chi connectivity index (χ3n) is 4.00. The molecule has 1 atom stereocenters. The summed E-state index contributed by atoms with van der Waals surface area (Å²) in [6, 6.07) is 9.69. The molecule has 0 bridgehead atoms. The van der Waals surface area contributed by atoms with Crippen molar-refractivity contribution in [1.29, 1.82) is 0 Å². The van der Waals surface area contributed by atoms with Crippen molar-refractivity contribution in [2.24, 2.45) is 5.92 Å². The third-order valence-corrected chi connectivity index (χ3v) is 4.00. The van der Waals surface area contributed by atoms with Crippen LogP contribution in [-0.2, 0) is 0 Å². The first-order valence-electron chi connectivity index (χ1n) is 8.35. The van der Waals surface area contributed by atoms with Crippen LogP contribution in [0.15, 0.2) is 30.3 Å². The van der Waals surface area contributed by atoms with E-state index in [1.54, 1.807) is 0 Å². The summed E-state index contributed by atoms with van der Waals surface area (Å²) < 4.78 is 0. The molecule has 1 aromatic rings. The van der Waals surface area contributed by atoms with Crippen LogP contribution in [0.4, 0.5) is 0 Å². The van der Waals surface area contributed by atoms with Gasteiger partial charge in [0.05, 0.1) is 0 Å². The summed E-state index contributed by atoms with van der Waals surface area (Å²) in [6.07, 6.45) is 11.7. The molecule has 0 amide bonds. The van der Waals surface area contributed by atoms with Gasteiger partial charge in [0.2, 0.25) is 0 Å². The van der Waals surface area contributed by atoms with Crippen LogP contribution >= 0.6 is 0 Å². The molecule has 0 aliphatic heterocycles. The van der Waals surface area contributed by atoms with Crippen LogP contribution in [0.5, 0.6) is 0 Å². The third kappa shape index (κ3) is 6.88. The van der Waals surface area contributed by atoms with Crippen LogP contribution in [-0.4, -0.2) is 5.78 Å². The standard InChI is InChI=1S/C19H30O/c1-3-4-5-6-7-8-9-11-14-17(2)19(20)18-15-12-10-13-16-18/h10,12-13,15-17H,3-9,11,14H2,1-2H3. The van der Waals surface area contributed by atoms with Crippen LogP contribution in [0.1, 0.15) is 82.0 Å².